The Morgan fingerprint density at radius 2 is 1.74 bits per heavy atom. The van der Waals surface area contributed by atoms with Crippen LogP contribution in [0, 0.1) is 18.8 Å². The molecule has 9 heteroatoms. The molecule has 0 N–H and O–H groups in total. The summed E-state index contributed by atoms with van der Waals surface area (Å²) in [5.74, 6) is 2.85. The second kappa shape index (κ2) is 5.77. The second-order valence-corrected chi connectivity index (χ2v) is 7.64. The molecule has 3 aromatic heterocycles. The topological polar surface area (TPSA) is 85.0 Å². The van der Waals surface area contributed by atoms with Gasteiger partial charge in [0.15, 0.2) is 5.65 Å². The fourth-order valence-corrected chi connectivity index (χ4v) is 4.49. The van der Waals surface area contributed by atoms with Gasteiger partial charge in [0.2, 0.25) is 5.95 Å². The lowest BCUT2D eigenvalue weighted by Gasteiger charge is -2.24. The van der Waals surface area contributed by atoms with E-state index in [1.165, 1.54) is 0 Å². The van der Waals surface area contributed by atoms with Crippen molar-refractivity contribution in [3.63, 3.8) is 0 Å². The van der Waals surface area contributed by atoms with Crippen LogP contribution in [-0.2, 0) is 14.1 Å². The summed E-state index contributed by atoms with van der Waals surface area (Å²) in [6.07, 6.45) is 5.08. The number of rotatable bonds is 2. The van der Waals surface area contributed by atoms with Gasteiger partial charge in [-0.3, -0.25) is 14.0 Å². The van der Waals surface area contributed by atoms with Crippen LogP contribution >= 0.6 is 0 Å². The molecule has 0 aromatic carbocycles. The standard InChI is InChI=1S/C18H22N8O/c1-11-4-19-10-20-15(11)25-6-12-8-26(9-13(12)7-25)18-22-16-14(5-21-24(16)3)17(27)23(18)2/h4-5,10,12-13H,6-9H2,1-3H3. The van der Waals surface area contributed by atoms with E-state index in [0.717, 1.165) is 43.5 Å². The third-order valence-electron chi connectivity index (χ3n) is 5.88. The van der Waals surface area contributed by atoms with Crippen LogP contribution in [0.4, 0.5) is 11.8 Å². The van der Waals surface area contributed by atoms with Crippen LogP contribution in [0.5, 0.6) is 0 Å². The zero-order valence-electron chi connectivity index (χ0n) is 15.7. The minimum atomic E-state index is -0.0432. The second-order valence-electron chi connectivity index (χ2n) is 7.64. The summed E-state index contributed by atoms with van der Waals surface area (Å²) in [7, 11) is 3.61. The van der Waals surface area contributed by atoms with E-state index in [0.29, 0.717) is 22.9 Å². The van der Waals surface area contributed by atoms with Gasteiger partial charge in [0.05, 0.1) is 6.20 Å². The first-order chi connectivity index (χ1) is 13.0. The largest absolute Gasteiger partial charge is 0.356 e. The highest BCUT2D eigenvalue weighted by Crippen LogP contribution is 2.35. The Bertz CT molecular complexity index is 1070. The van der Waals surface area contributed by atoms with Crippen molar-refractivity contribution in [1.29, 1.82) is 0 Å². The van der Waals surface area contributed by atoms with Gasteiger partial charge in [-0.05, 0) is 6.92 Å². The normalized spacial score (nSPS) is 22.0. The number of hydrogen-bond donors (Lipinski definition) is 0. The van der Waals surface area contributed by atoms with Gasteiger partial charge in [0, 0.05) is 63.9 Å². The van der Waals surface area contributed by atoms with Gasteiger partial charge in [0.1, 0.15) is 17.5 Å². The number of fused-ring (bicyclic) bond motifs is 2. The quantitative estimate of drug-likeness (QED) is 0.646. The minimum absolute atomic E-state index is 0.0432. The van der Waals surface area contributed by atoms with Gasteiger partial charge >= 0.3 is 0 Å². The molecular formula is C18H22N8O. The lowest BCUT2D eigenvalue weighted by Crippen LogP contribution is -2.34. The molecule has 2 atom stereocenters. The molecule has 2 fully saturated rings. The monoisotopic (exact) mass is 366 g/mol. The van der Waals surface area contributed by atoms with Crippen LogP contribution in [0.25, 0.3) is 11.0 Å². The molecule has 140 valence electrons. The molecule has 0 radical (unpaired) electrons. The predicted octanol–water partition coefficient (Wildman–Crippen LogP) is 0.338. The third-order valence-corrected chi connectivity index (χ3v) is 5.88. The summed E-state index contributed by atoms with van der Waals surface area (Å²) in [6, 6.07) is 0. The molecule has 0 aliphatic carbocycles. The van der Waals surface area contributed by atoms with Crippen LogP contribution < -0.4 is 15.4 Å². The Labute approximate surface area is 156 Å². The number of aryl methyl sites for hydroxylation is 2. The van der Waals surface area contributed by atoms with E-state index in [-0.39, 0.29) is 5.56 Å². The molecule has 27 heavy (non-hydrogen) atoms. The summed E-state index contributed by atoms with van der Waals surface area (Å²) in [5.41, 5.74) is 1.71. The summed E-state index contributed by atoms with van der Waals surface area (Å²) in [6.45, 7) is 5.80. The van der Waals surface area contributed by atoms with E-state index in [1.807, 2.05) is 13.2 Å². The Morgan fingerprint density at radius 1 is 1.04 bits per heavy atom. The van der Waals surface area contributed by atoms with Crippen molar-refractivity contribution < 1.29 is 0 Å². The zero-order chi connectivity index (χ0) is 18.7. The zero-order valence-corrected chi connectivity index (χ0v) is 15.7. The number of anilines is 2. The molecule has 0 bridgehead atoms. The fourth-order valence-electron chi connectivity index (χ4n) is 4.49. The molecule has 5 rings (SSSR count). The van der Waals surface area contributed by atoms with Gasteiger partial charge < -0.3 is 9.80 Å². The van der Waals surface area contributed by atoms with Gasteiger partial charge in [-0.2, -0.15) is 10.1 Å². The van der Waals surface area contributed by atoms with E-state index >= 15 is 0 Å². The molecule has 0 saturated carbocycles. The number of aromatic nitrogens is 6. The van der Waals surface area contributed by atoms with Crippen molar-refractivity contribution >= 4 is 22.8 Å². The van der Waals surface area contributed by atoms with Crippen molar-refractivity contribution in [2.75, 3.05) is 36.0 Å². The van der Waals surface area contributed by atoms with Crippen LogP contribution in [0.3, 0.4) is 0 Å². The Morgan fingerprint density at radius 3 is 2.44 bits per heavy atom. The Balaban J connectivity index is 1.41. The predicted molar refractivity (Wildman–Crippen MR) is 102 cm³/mol. The summed E-state index contributed by atoms with van der Waals surface area (Å²) >= 11 is 0. The maximum Gasteiger partial charge on any atom is 0.265 e. The molecule has 2 unspecified atom stereocenters. The van der Waals surface area contributed by atoms with E-state index in [1.54, 1.807) is 28.8 Å². The van der Waals surface area contributed by atoms with E-state index in [2.05, 4.69) is 31.8 Å². The summed E-state index contributed by atoms with van der Waals surface area (Å²) in [4.78, 5) is 30.6. The molecule has 0 amide bonds. The van der Waals surface area contributed by atoms with E-state index < -0.39 is 0 Å². The van der Waals surface area contributed by atoms with Crippen molar-refractivity contribution in [3.05, 3.63) is 34.6 Å². The molecule has 2 aliphatic rings. The lowest BCUT2D eigenvalue weighted by atomic mass is 10.0. The van der Waals surface area contributed by atoms with Crippen molar-refractivity contribution in [3.8, 4) is 0 Å². The minimum Gasteiger partial charge on any atom is -0.356 e. The van der Waals surface area contributed by atoms with Crippen LogP contribution in [0.2, 0.25) is 0 Å². The molecule has 0 spiro atoms. The maximum absolute atomic E-state index is 12.7. The summed E-state index contributed by atoms with van der Waals surface area (Å²) < 4.78 is 3.31. The molecule has 3 aromatic rings. The molecule has 5 heterocycles. The van der Waals surface area contributed by atoms with Gasteiger partial charge in [0.25, 0.3) is 5.56 Å². The Hall–Kier alpha value is -2.97. The highest BCUT2D eigenvalue weighted by Gasteiger charge is 2.42. The fraction of sp³-hybridized carbons (Fsp3) is 0.500. The smallest absolute Gasteiger partial charge is 0.265 e. The average molecular weight is 366 g/mol. The number of nitrogens with zero attached hydrogens (tertiary/aromatic N) is 8. The van der Waals surface area contributed by atoms with Gasteiger partial charge in [-0.25, -0.2) is 9.97 Å². The first kappa shape index (κ1) is 16.2. The molecular weight excluding hydrogens is 344 g/mol. The van der Waals surface area contributed by atoms with Crippen LogP contribution in [-0.4, -0.2) is 55.5 Å². The highest BCUT2D eigenvalue weighted by atomic mass is 16.1. The van der Waals surface area contributed by atoms with Gasteiger partial charge in [-0.15, -0.1) is 0 Å². The van der Waals surface area contributed by atoms with Crippen LogP contribution in [0.1, 0.15) is 5.56 Å². The lowest BCUT2D eigenvalue weighted by molar-refractivity contribution is 0.533. The SMILES string of the molecule is Cc1cncnc1N1CC2CN(c3nc4c(cnn4C)c(=O)n3C)CC2C1. The van der Waals surface area contributed by atoms with E-state index in [4.69, 9.17) is 4.98 Å². The van der Waals surface area contributed by atoms with Gasteiger partial charge in [-0.1, -0.05) is 0 Å². The highest BCUT2D eigenvalue weighted by molar-refractivity contribution is 5.74. The summed E-state index contributed by atoms with van der Waals surface area (Å²) in [5, 5.41) is 4.74. The molecule has 2 aliphatic heterocycles. The maximum atomic E-state index is 12.7. The first-order valence-corrected chi connectivity index (χ1v) is 9.18. The Kier molecular flexibility index (Phi) is 3.46. The van der Waals surface area contributed by atoms with E-state index in [9.17, 15) is 4.79 Å². The first-order valence-electron chi connectivity index (χ1n) is 9.18. The van der Waals surface area contributed by atoms with Crippen molar-refractivity contribution in [2.24, 2.45) is 25.9 Å². The third kappa shape index (κ3) is 2.41. The molecule has 9 nitrogen and oxygen atoms in total. The number of hydrogen-bond acceptors (Lipinski definition) is 7. The molecule has 2 saturated heterocycles. The van der Waals surface area contributed by atoms with Crippen LogP contribution in [0.15, 0.2) is 23.5 Å². The van der Waals surface area contributed by atoms with Crippen molar-refractivity contribution in [1.82, 2.24) is 29.3 Å². The average Bonchev–Trinajstić information content (AvgIpc) is 3.32. The van der Waals surface area contributed by atoms with Crippen molar-refractivity contribution in [2.45, 2.75) is 6.92 Å².